The van der Waals surface area contributed by atoms with Crippen LogP contribution in [0.1, 0.15) is 125 Å². The van der Waals surface area contributed by atoms with Gasteiger partial charge in [-0.25, -0.2) is 0 Å². The van der Waals surface area contributed by atoms with Crippen molar-refractivity contribution in [3.63, 3.8) is 0 Å². The normalized spacial score (nSPS) is 14.8. The van der Waals surface area contributed by atoms with Gasteiger partial charge in [0.05, 0.1) is 39.5 Å². The molecule has 0 bridgehead atoms. The van der Waals surface area contributed by atoms with Gasteiger partial charge >= 0.3 is 0 Å². The second-order valence-corrected chi connectivity index (χ2v) is 37.5. The van der Waals surface area contributed by atoms with Gasteiger partial charge in [-0.05, 0) is 213 Å². The lowest BCUT2D eigenvalue weighted by Crippen LogP contribution is -2.61. The maximum absolute atomic E-state index is 7.60. The first kappa shape index (κ1) is 73.9. The topological polar surface area (TPSA) is 22.2 Å². The number of ether oxygens (including phenoxy) is 1. The van der Waals surface area contributed by atoms with Gasteiger partial charge in [0, 0.05) is 78.3 Å². The first-order valence-electron chi connectivity index (χ1n) is 43.6. The van der Waals surface area contributed by atoms with Crippen molar-refractivity contribution in [2.45, 2.75) is 96.3 Å². The van der Waals surface area contributed by atoms with Crippen LogP contribution < -0.4 is 40.7 Å². The molecule has 123 heavy (non-hydrogen) atoms. The smallest absolute Gasteiger partial charge is 0.252 e. The minimum Gasteiger partial charge on any atom is -0.457 e. The fourth-order valence-electron chi connectivity index (χ4n) is 21.8. The first-order valence-corrected chi connectivity index (χ1v) is 43.6. The van der Waals surface area contributed by atoms with Crippen LogP contribution in [0.4, 0.5) is 68.2 Å². The van der Waals surface area contributed by atoms with Crippen LogP contribution in [-0.4, -0.2) is 6.71 Å². The molecular formula is C117H93BN4O. The minimum absolute atomic E-state index is 0.255. The highest BCUT2D eigenvalue weighted by molar-refractivity contribution is 7.00. The molecule has 17 aromatic rings. The summed E-state index contributed by atoms with van der Waals surface area (Å²) in [6.45, 7) is 23.4. The van der Waals surface area contributed by atoms with Gasteiger partial charge in [-0.2, -0.15) is 0 Å². The standard InChI is InChI=1S/C117H93BN4O/c1-113(2,3)80-68-86(74-37-15-11-16-38-74)111(87(69-80)75-39-17-12-18-40-75)121-104-72-82(119-100-54-32-27-49-92(100)115(7,8)93-50-28-33-55-101(93)119)60-63-98(104)118-99-64-61-83(120-102-56-34-29-51-94(102)116(9,10)95-52-30-35-57-103(95)120)73-105(99)122(112-88(76-41-19-13-20-42-76)70-81(114(4,5)6)71-89(112)77-43-21-14-22-44-77)107-66-79(65-106(121)110(107)118)78-59-62-97-109(67-78)123-108-58-36-31-53-96(108)117(97)90-47-25-23-45-84(90)85-46-24-26-48-91(85)117/h11-73H,1-10H3. The molecule has 1 spiro atoms. The number of hydrogen-bond donors (Lipinski definition) is 0. The lowest BCUT2D eigenvalue weighted by Gasteiger charge is -2.47. The minimum atomic E-state index is -0.681. The van der Waals surface area contributed by atoms with Gasteiger partial charge in [0.2, 0.25) is 0 Å². The maximum atomic E-state index is 7.60. The van der Waals surface area contributed by atoms with Crippen molar-refractivity contribution in [3.8, 4) is 78.3 Å². The van der Waals surface area contributed by atoms with E-state index >= 15 is 0 Å². The Morgan fingerprint density at radius 1 is 0.236 bits per heavy atom. The summed E-state index contributed by atoms with van der Waals surface area (Å²) in [5.41, 5.74) is 41.0. The van der Waals surface area contributed by atoms with Gasteiger partial charge in [-0.15, -0.1) is 0 Å². The predicted octanol–water partition coefficient (Wildman–Crippen LogP) is 29.4. The van der Waals surface area contributed by atoms with Crippen molar-refractivity contribution in [3.05, 3.63) is 438 Å². The number of fused-ring (bicyclic) bond motifs is 17. The third-order valence-corrected chi connectivity index (χ3v) is 27.7. The molecule has 6 heteroatoms. The molecule has 17 aromatic carbocycles. The molecule has 1 aliphatic carbocycles. The third kappa shape index (κ3) is 11.1. The Labute approximate surface area is 723 Å². The van der Waals surface area contributed by atoms with E-state index in [2.05, 4.69) is 471 Å². The van der Waals surface area contributed by atoms with Crippen molar-refractivity contribution in [2.75, 3.05) is 19.6 Å². The van der Waals surface area contributed by atoms with Crippen LogP contribution in [0.25, 0.3) is 66.8 Å². The molecule has 23 rings (SSSR count). The van der Waals surface area contributed by atoms with Crippen LogP contribution in [0, 0.1) is 0 Å². The monoisotopic (exact) mass is 1580 g/mol. The van der Waals surface area contributed by atoms with E-state index in [-0.39, 0.29) is 28.4 Å². The summed E-state index contributed by atoms with van der Waals surface area (Å²) in [5, 5.41) is 0. The van der Waals surface area contributed by atoms with Crippen LogP contribution in [-0.2, 0) is 27.1 Å². The van der Waals surface area contributed by atoms with E-state index in [0.717, 1.165) is 147 Å². The molecule has 5 nitrogen and oxygen atoms in total. The van der Waals surface area contributed by atoms with E-state index in [1.165, 1.54) is 72.0 Å². The van der Waals surface area contributed by atoms with Crippen molar-refractivity contribution in [1.29, 1.82) is 0 Å². The predicted molar refractivity (Wildman–Crippen MR) is 516 cm³/mol. The van der Waals surface area contributed by atoms with Crippen molar-refractivity contribution < 1.29 is 4.74 Å². The van der Waals surface area contributed by atoms with Crippen LogP contribution in [0.2, 0.25) is 0 Å². The number of rotatable bonds is 9. The lowest BCUT2D eigenvalue weighted by atomic mass is 9.33. The number of benzene rings is 17. The highest BCUT2D eigenvalue weighted by Gasteiger charge is 2.53. The molecule has 0 saturated carbocycles. The highest BCUT2D eigenvalue weighted by atomic mass is 16.5. The highest BCUT2D eigenvalue weighted by Crippen LogP contribution is 2.65. The summed E-state index contributed by atoms with van der Waals surface area (Å²) in [4.78, 5) is 10.6. The summed E-state index contributed by atoms with van der Waals surface area (Å²) < 4.78 is 7.60. The van der Waals surface area contributed by atoms with Gasteiger partial charge in [-0.3, -0.25) is 0 Å². The molecule has 0 aromatic heterocycles. The van der Waals surface area contributed by atoms with Gasteiger partial charge in [0.1, 0.15) is 11.5 Å². The third-order valence-electron chi connectivity index (χ3n) is 27.7. The molecule has 6 aliphatic rings. The average molecular weight is 1580 g/mol. The Kier molecular flexibility index (Phi) is 16.5. The quantitative estimate of drug-likeness (QED) is 0.134. The molecule has 0 atom stereocenters. The molecule has 0 saturated heterocycles. The largest absolute Gasteiger partial charge is 0.457 e. The molecule has 5 aliphatic heterocycles. The van der Waals surface area contributed by atoms with E-state index in [0.29, 0.717) is 0 Å². The van der Waals surface area contributed by atoms with Crippen LogP contribution in [0.5, 0.6) is 11.5 Å². The van der Waals surface area contributed by atoms with Crippen LogP contribution in [0.15, 0.2) is 382 Å². The van der Waals surface area contributed by atoms with Crippen molar-refractivity contribution in [2.24, 2.45) is 0 Å². The van der Waals surface area contributed by atoms with Gasteiger partial charge < -0.3 is 24.3 Å². The van der Waals surface area contributed by atoms with E-state index < -0.39 is 5.41 Å². The fraction of sp³-hybridized carbons (Fsp3) is 0.128. The second-order valence-electron chi connectivity index (χ2n) is 37.5. The summed E-state index contributed by atoms with van der Waals surface area (Å²) in [5.74, 6) is 1.67. The fourth-order valence-corrected chi connectivity index (χ4v) is 21.8. The lowest BCUT2D eigenvalue weighted by molar-refractivity contribution is 0.436. The number of para-hydroxylation sites is 5. The molecule has 0 N–H and O–H groups in total. The van der Waals surface area contributed by atoms with E-state index in [9.17, 15) is 0 Å². The van der Waals surface area contributed by atoms with Crippen molar-refractivity contribution in [1.82, 2.24) is 0 Å². The maximum Gasteiger partial charge on any atom is 0.252 e. The van der Waals surface area contributed by atoms with Gasteiger partial charge in [0.15, 0.2) is 0 Å². The summed E-state index contributed by atoms with van der Waals surface area (Å²) in [6.07, 6.45) is 0. The van der Waals surface area contributed by atoms with Gasteiger partial charge in [0.25, 0.3) is 6.71 Å². The molecule has 5 heterocycles. The summed E-state index contributed by atoms with van der Waals surface area (Å²) in [6, 6.07) is 146. The number of nitrogens with zero attached hydrogens (tertiary/aromatic N) is 4. The summed E-state index contributed by atoms with van der Waals surface area (Å²) in [7, 11) is 0. The zero-order chi connectivity index (χ0) is 83.2. The molecule has 0 fully saturated rings. The Morgan fingerprint density at radius 3 is 0.935 bits per heavy atom. The Morgan fingerprint density at radius 2 is 0.561 bits per heavy atom. The Balaban J connectivity index is 0.901. The van der Waals surface area contributed by atoms with E-state index in [4.69, 9.17) is 4.74 Å². The SMILES string of the molecule is CC(C)(C)c1cc(-c2ccccc2)c(N2c3cc(N4c5ccccc5C(C)(C)c5ccccc54)ccc3B3c4ccc(N5c6ccccc6C(C)(C)c6ccccc65)cc4N(c4c(-c5ccccc5)cc(C(C)(C)C)cc4-c4ccccc4)c4cc(-c5ccc6c(c5)Oc5ccccc5C65c6ccccc6-c6ccccc65)cc2c43)c(-c2ccccc2)c1. The second kappa shape index (κ2) is 27.4. The zero-order valence-corrected chi connectivity index (χ0v) is 71.1. The van der Waals surface area contributed by atoms with E-state index in [1.807, 2.05) is 0 Å². The number of anilines is 12. The zero-order valence-electron chi connectivity index (χ0n) is 71.1. The molecule has 0 amide bonds. The summed E-state index contributed by atoms with van der Waals surface area (Å²) >= 11 is 0. The Bertz CT molecular complexity index is 6620. The van der Waals surface area contributed by atoms with Crippen LogP contribution in [0.3, 0.4) is 0 Å². The first-order chi connectivity index (χ1) is 59.8. The Hall–Kier alpha value is -14.2. The van der Waals surface area contributed by atoms with Gasteiger partial charge in [-0.1, -0.05) is 354 Å². The molecule has 590 valence electrons. The van der Waals surface area contributed by atoms with Crippen molar-refractivity contribution >= 4 is 91.3 Å². The average Bonchev–Trinajstić information content (AvgIpc) is 1.65. The van der Waals surface area contributed by atoms with E-state index in [1.54, 1.807) is 0 Å². The molecule has 0 unspecified atom stereocenters. The molecular weight excluding hydrogens is 1490 g/mol. The number of hydrogen-bond acceptors (Lipinski definition) is 5. The van der Waals surface area contributed by atoms with Crippen LogP contribution >= 0.6 is 0 Å². The molecule has 0 radical (unpaired) electrons.